The highest BCUT2D eigenvalue weighted by atomic mass is 16.5. The van der Waals surface area contributed by atoms with Crippen LogP contribution in [0.2, 0.25) is 0 Å². The molecule has 1 amide bonds. The molecule has 7 nitrogen and oxygen atoms in total. The van der Waals surface area contributed by atoms with Crippen molar-refractivity contribution in [2.75, 3.05) is 53.6 Å². The number of carbonyl (C=O) groups excluding carboxylic acids is 1. The quantitative estimate of drug-likeness (QED) is 0.680. The van der Waals surface area contributed by atoms with Crippen LogP contribution < -0.4 is 9.47 Å². The van der Waals surface area contributed by atoms with E-state index in [-0.39, 0.29) is 5.91 Å². The van der Waals surface area contributed by atoms with Gasteiger partial charge in [-0.15, -0.1) is 0 Å². The van der Waals surface area contributed by atoms with Gasteiger partial charge in [-0.2, -0.15) is 0 Å². The van der Waals surface area contributed by atoms with Gasteiger partial charge in [0.25, 0.3) is 0 Å². The molecule has 1 unspecified atom stereocenters. The van der Waals surface area contributed by atoms with Gasteiger partial charge >= 0.3 is 0 Å². The molecule has 0 aliphatic carbocycles. The minimum atomic E-state index is 0.221. The van der Waals surface area contributed by atoms with Crippen LogP contribution in [0.25, 0.3) is 11.1 Å². The monoisotopic (exact) mass is 425 g/mol. The zero-order valence-corrected chi connectivity index (χ0v) is 18.4. The third-order valence-electron chi connectivity index (χ3n) is 6.03. The summed E-state index contributed by atoms with van der Waals surface area (Å²) >= 11 is 0. The molecule has 1 aromatic carbocycles. The Balaban J connectivity index is 1.55. The van der Waals surface area contributed by atoms with Crippen molar-refractivity contribution in [1.29, 1.82) is 0 Å². The summed E-state index contributed by atoms with van der Waals surface area (Å²) in [7, 11) is 3.51. The maximum atomic E-state index is 11.8. The number of carbonyl (C=O) groups is 1. The van der Waals surface area contributed by atoms with Gasteiger partial charge < -0.3 is 19.1 Å². The number of pyridine rings is 1. The van der Waals surface area contributed by atoms with Gasteiger partial charge in [-0.3, -0.25) is 9.69 Å². The highest BCUT2D eigenvalue weighted by Crippen LogP contribution is 2.32. The summed E-state index contributed by atoms with van der Waals surface area (Å²) in [6.45, 7) is 5.51. The summed E-state index contributed by atoms with van der Waals surface area (Å²) in [6, 6.07) is 10.2. The Morgan fingerprint density at radius 2 is 2.06 bits per heavy atom. The fourth-order valence-corrected chi connectivity index (χ4v) is 4.23. The third-order valence-corrected chi connectivity index (χ3v) is 6.03. The van der Waals surface area contributed by atoms with E-state index in [1.54, 1.807) is 13.3 Å². The molecule has 0 spiro atoms. The van der Waals surface area contributed by atoms with E-state index >= 15 is 0 Å². The van der Waals surface area contributed by atoms with Crippen LogP contribution in [0.15, 0.2) is 36.5 Å². The molecule has 2 aliphatic rings. The molecular weight excluding hydrogens is 394 g/mol. The first kappa shape index (κ1) is 21.6. The summed E-state index contributed by atoms with van der Waals surface area (Å²) in [6.07, 6.45) is 3.22. The van der Waals surface area contributed by atoms with Gasteiger partial charge in [0.2, 0.25) is 11.8 Å². The number of likely N-dealkylation sites (tertiary alicyclic amines) is 1. The van der Waals surface area contributed by atoms with Crippen LogP contribution in [0.4, 0.5) is 0 Å². The fourth-order valence-electron chi connectivity index (χ4n) is 4.23. The summed E-state index contributed by atoms with van der Waals surface area (Å²) < 4.78 is 17.3. The molecule has 7 heteroatoms. The Labute approximate surface area is 183 Å². The van der Waals surface area contributed by atoms with E-state index in [9.17, 15) is 4.79 Å². The predicted molar refractivity (Wildman–Crippen MR) is 118 cm³/mol. The van der Waals surface area contributed by atoms with E-state index in [2.05, 4.69) is 28.1 Å². The average Bonchev–Trinajstić information content (AvgIpc) is 2.81. The zero-order chi connectivity index (χ0) is 21.6. The third kappa shape index (κ3) is 5.35. The van der Waals surface area contributed by atoms with Gasteiger partial charge in [0.05, 0.1) is 26.9 Å². The van der Waals surface area contributed by atoms with Gasteiger partial charge in [-0.05, 0) is 36.2 Å². The predicted octanol–water partition coefficient (Wildman–Crippen LogP) is 2.84. The van der Waals surface area contributed by atoms with Gasteiger partial charge in [0, 0.05) is 62.9 Å². The first-order chi connectivity index (χ1) is 15.1. The topological polar surface area (TPSA) is 64.1 Å². The molecule has 1 atom stereocenters. The van der Waals surface area contributed by atoms with Crippen LogP contribution in [-0.4, -0.2) is 74.3 Å². The van der Waals surface area contributed by atoms with E-state index < -0.39 is 0 Å². The zero-order valence-electron chi connectivity index (χ0n) is 18.4. The maximum absolute atomic E-state index is 11.8. The number of benzene rings is 1. The summed E-state index contributed by atoms with van der Waals surface area (Å²) in [4.78, 5) is 20.3. The number of methoxy groups -OCH3 is 1. The molecule has 2 fully saturated rings. The van der Waals surface area contributed by atoms with E-state index in [0.29, 0.717) is 24.8 Å². The molecule has 1 aromatic heterocycles. The molecule has 2 saturated heterocycles. The highest BCUT2D eigenvalue weighted by molar-refractivity contribution is 5.76. The Morgan fingerprint density at radius 1 is 1.23 bits per heavy atom. The second-order valence-electron chi connectivity index (χ2n) is 8.26. The second kappa shape index (κ2) is 10.1. The van der Waals surface area contributed by atoms with E-state index in [4.69, 9.17) is 14.2 Å². The first-order valence-corrected chi connectivity index (χ1v) is 10.9. The lowest BCUT2D eigenvalue weighted by Gasteiger charge is -2.30. The largest absolute Gasteiger partial charge is 0.493 e. The summed E-state index contributed by atoms with van der Waals surface area (Å²) in [5, 5.41) is 0. The molecule has 2 aliphatic heterocycles. The summed E-state index contributed by atoms with van der Waals surface area (Å²) in [5.74, 6) is 2.09. The number of rotatable bonds is 7. The van der Waals surface area contributed by atoms with Gasteiger partial charge in [0.1, 0.15) is 5.75 Å². The van der Waals surface area contributed by atoms with Crippen molar-refractivity contribution in [3.8, 4) is 22.8 Å². The van der Waals surface area contributed by atoms with E-state index in [1.165, 1.54) is 0 Å². The van der Waals surface area contributed by atoms with Crippen molar-refractivity contribution < 1.29 is 19.0 Å². The van der Waals surface area contributed by atoms with Crippen molar-refractivity contribution in [2.24, 2.45) is 5.92 Å². The van der Waals surface area contributed by atoms with Crippen molar-refractivity contribution in [3.05, 3.63) is 42.1 Å². The minimum Gasteiger partial charge on any atom is -0.493 e. The lowest BCUT2D eigenvalue weighted by atomic mass is 9.99. The van der Waals surface area contributed by atoms with Gasteiger partial charge in [0.15, 0.2) is 0 Å². The van der Waals surface area contributed by atoms with Crippen LogP contribution in [0, 0.1) is 5.92 Å². The van der Waals surface area contributed by atoms with Gasteiger partial charge in [-0.25, -0.2) is 4.98 Å². The standard InChI is InChI=1S/C24H31N3O4/c1-26-15-18(5-8-23(26)28)17-31-22-7-6-19(21-4-3-9-25-24(21)29-2)14-20(22)16-27-10-12-30-13-11-27/h3-4,6-7,9,14,18H,5,8,10-13,15-17H2,1-2H3. The normalized spacial score (nSPS) is 20.0. The van der Waals surface area contributed by atoms with Crippen molar-refractivity contribution in [3.63, 3.8) is 0 Å². The van der Waals surface area contributed by atoms with E-state index in [1.807, 2.05) is 24.1 Å². The maximum Gasteiger partial charge on any atom is 0.222 e. The number of hydrogen-bond acceptors (Lipinski definition) is 6. The highest BCUT2D eigenvalue weighted by Gasteiger charge is 2.24. The number of aromatic nitrogens is 1. The Morgan fingerprint density at radius 3 is 2.84 bits per heavy atom. The lowest BCUT2D eigenvalue weighted by Crippen LogP contribution is -2.39. The van der Waals surface area contributed by atoms with Crippen LogP contribution in [-0.2, 0) is 16.1 Å². The second-order valence-corrected chi connectivity index (χ2v) is 8.26. The number of hydrogen-bond donors (Lipinski definition) is 0. The van der Waals surface area contributed by atoms with Crippen LogP contribution >= 0.6 is 0 Å². The number of piperidine rings is 1. The molecule has 166 valence electrons. The number of morpholine rings is 1. The van der Waals surface area contributed by atoms with Crippen molar-refractivity contribution in [2.45, 2.75) is 19.4 Å². The Hall–Kier alpha value is -2.64. The molecule has 0 N–H and O–H groups in total. The first-order valence-electron chi connectivity index (χ1n) is 10.9. The fraction of sp³-hybridized carbons (Fsp3) is 0.500. The van der Waals surface area contributed by atoms with Crippen LogP contribution in [0.5, 0.6) is 11.6 Å². The number of ether oxygens (including phenoxy) is 3. The molecule has 2 aromatic rings. The molecule has 4 rings (SSSR count). The molecule has 0 radical (unpaired) electrons. The van der Waals surface area contributed by atoms with Crippen molar-refractivity contribution in [1.82, 2.24) is 14.8 Å². The smallest absolute Gasteiger partial charge is 0.222 e. The molecule has 0 saturated carbocycles. The van der Waals surface area contributed by atoms with Crippen molar-refractivity contribution >= 4 is 5.91 Å². The van der Waals surface area contributed by atoms with Crippen LogP contribution in [0.1, 0.15) is 18.4 Å². The summed E-state index contributed by atoms with van der Waals surface area (Å²) in [5.41, 5.74) is 3.17. The Kier molecular flexibility index (Phi) is 7.04. The molecule has 0 bridgehead atoms. The number of amides is 1. The van der Waals surface area contributed by atoms with E-state index in [0.717, 1.165) is 68.3 Å². The minimum absolute atomic E-state index is 0.221. The van der Waals surface area contributed by atoms with Crippen LogP contribution in [0.3, 0.4) is 0 Å². The van der Waals surface area contributed by atoms with Gasteiger partial charge in [-0.1, -0.05) is 6.07 Å². The Bertz CT molecular complexity index is 898. The molecule has 3 heterocycles. The number of nitrogens with zero attached hydrogens (tertiary/aromatic N) is 3. The lowest BCUT2D eigenvalue weighted by molar-refractivity contribution is -0.133. The molecular formula is C24H31N3O4. The molecule has 31 heavy (non-hydrogen) atoms. The SMILES string of the molecule is COc1ncccc1-c1ccc(OCC2CCC(=O)N(C)C2)c(CN2CCOCC2)c1. The average molecular weight is 426 g/mol.